The van der Waals surface area contributed by atoms with Crippen molar-refractivity contribution in [1.29, 1.82) is 0 Å². The number of hydrogen-bond donors (Lipinski definition) is 5. The van der Waals surface area contributed by atoms with Crippen molar-refractivity contribution in [2.45, 2.75) is 121 Å². The van der Waals surface area contributed by atoms with Crippen LogP contribution in [-0.4, -0.2) is 111 Å². The highest BCUT2D eigenvalue weighted by Crippen LogP contribution is 2.61. The molecule has 1 saturated heterocycles. The predicted molar refractivity (Wildman–Crippen MR) is 228 cm³/mol. The molecule has 3 aromatic rings. The molecule has 2 saturated carbocycles. The third-order valence-corrected chi connectivity index (χ3v) is 13.7. The smallest absolute Gasteiger partial charge is 0.338 e. The molecule has 12 atom stereocenters. The largest absolute Gasteiger partial charge is 0.456 e. The van der Waals surface area contributed by atoms with Gasteiger partial charge in [-0.1, -0.05) is 107 Å². The molecule has 4 aliphatic rings. The number of ketones is 1. The minimum Gasteiger partial charge on any atom is -0.456 e. The van der Waals surface area contributed by atoms with Crippen molar-refractivity contribution < 1.29 is 68.1 Å². The molecule has 1 amide bonds. The van der Waals surface area contributed by atoms with Gasteiger partial charge in [-0.3, -0.25) is 14.4 Å². The van der Waals surface area contributed by atoms with Crippen molar-refractivity contribution in [3.8, 4) is 0 Å². The van der Waals surface area contributed by atoms with Gasteiger partial charge in [0, 0.05) is 25.2 Å². The molecule has 3 aromatic carbocycles. The number of rotatable bonds is 13. The van der Waals surface area contributed by atoms with E-state index in [2.05, 4.69) is 5.32 Å². The van der Waals surface area contributed by atoms with E-state index in [9.17, 15) is 44.4 Å². The lowest BCUT2D eigenvalue weighted by Crippen LogP contribution is -2.79. The van der Waals surface area contributed by atoms with Crippen molar-refractivity contribution in [2.24, 2.45) is 23.2 Å². The fourth-order valence-corrected chi connectivity index (χ4v) is 10.3. The fourth-order valence-electron chi connectivity index (χ4n) is 10.3. The number of nitrogens with one attached hydrogen (secondary N) is 1. The van der Waals surface area contributed by atoms with Gasteiger partial charge in [-0.05, 0) is 47.2 Å². The Morgan fingerprint density at radius 2 is 1.52 bits per heavy atom. The van der Waals surface area contributed by atoms with Crippen LogP contribution in [-0.2, 0) is 49.5 Å². The summed E-state index contributed by atoms with van der Waals surface area (Å²) in [5.41, 5.74) is -4.28. The lowest BCUT2D eigenvalue weighted by atomic mass is 9.49. The number of Topliss-reactive ketones (excluding diaryl/α,β-unsaturated/α-hetero) is 1. The van der Waals surface area contributed by atoms with E-state index in [1.54, 1.807) is 76.2 Å². The standard InChI is InChI=1S/C49H57NO14/c1-26(2)42(60-24-29-16-10-7-11-17-29)44(56)50-38(30-18-12-8-13-19-30)41(55)46(58)62-33-23-49(59)43(63-45(57)31-20-14-9-15-21-31)37-35(39(53)40(54)36(27(33)3)47(49,5)6)32(52)22-34-48(37,25-61-34)64-28(4)51/h7-21,26,32-35,37-38,40-43,52,54-55,59H,22-25H2,1-6H3,(H,50,56)/t32-,33-,34+,35?,37?,38-,40+,41+,42-,43?,48-,49+/m0/s1. The van der Waals surface area contributed by atoms with Crippen molar-refractivity contribution in [1.82, 2.24) is 5.32 Å². The zero-order valence-electron chi connectivity index (χ0n) is 36.7. The highest BCUT2D eigenvalue weighted by molar-refractivity contribution is 5.92. The molecular formula is C49H57NO14. The number of carbonyl (C=O) groups is 5. The SMILES string of the molecule is CC(=O)O[C@@]12CO[C@@H]1C[C@H](O)C1C(=O)[C@H](O)C3=C(C)[C@@H](OC(=O)[C@H](O)[C@@H](NC(=O)[C@@H](OCc4ccccc4)C(C)C)c4ccccc4)C[C@@](O)(C(OC(=O)c4ccccc4)C12)C3(C)C. The zero-order chi connectivity index (χ0) is 46.3. The minimum atomic E-state index is -2.34. The van der Waals surface area contributed by atoms with Gasteiger partial charge in [0.15, 0.2) is 17.5 Å². The minimum absolute atomic E-state index is 0.0540. The van der Waals surface area contributed by atoms with Crippen molar-refractivity contribution in [3.63, 3.8) is 0 Å². The number of aliphatic hydroxyl groups excluding tert-OH is 3. The lowest BCUT2D eigenvalue weighted by Gasteiger charge is -2.64. The molecule has 1 heterocycles. The van der Waals surface area contributed by atoms with Gasteiger partial charge in [0.25, 0.3) is 0 Å². The monoisotopic (exact) mass is 883 g/mol. The van der Waals surface area contributed by atoms with E-state index in [0.717, 1.165) is 12.5 Å². The molecule has 1 aliphatic heterocycles. The maximum absolute atomic E-state index is 14.8. The van der Waals surface area contributed by atoms with Gasteiger partial charge in [0.1, 0.15) is 36.1 Å². The maximum atomic E-state index is 14.8. The van der Waals surface area contributed by atoms with Gasteiger partial charge in [-0.2, -0.15) is 0 Å². The van der Waals surface area contributed by atoms with E-state index in [1.165, 1.54) is 19.1 Å². The summed E-state index contributed by atoms with van der Waals surface area (Å²) in [5, 5.41) is 51.9. The first kappa shape index (κ1) is 46.7. The van der Waals surface area contributed by atoms with Crippen LogP contribution in [0.15, 0.2) is 102 Å². The summed E-state index contributed by atoms with van der Waals surface area (Å²) in [6, 6.07) is 24.1. The summed E-state index contributed by atoms with van der Waals surface area (Å²) in [7, 11) is 0. The molecule has 0 aromatic heterocycles. The molecule has 3 fully saturated rings. The number of carbonyl (C=O) groups excluding carboxylic acids is 5. The van der Waals surface area contributed by atoms with Gasteiger partial charge >= 0.3 is 17.9 Å². The zero-order valence-corrected chi connectivity index (χ0v) is 36.7. The average molecular weight is 884 g/mol. The number of fused-ring (bicyclic) bond motifs is 5. The Balaban J connectivity index is 1.27. The van der Waals surface area contributed by atoms with Crippen LogP contribution >= 0.6 is 0 Å². The molecule has 2 bridgehead atoms. The number of aliphatic hydroxyl groups is 4. The van der Waals surface area contributed by atoms with E-state index in [1.807, 2.05) is 30.3 Å². The third-order valence-electron chi connectivity index (χ3n) is 13.7. The van der Waals surface area contributed by atoms with E-state index in [4.69, 9.17) is 23.7 Å². The van der Waals surface area contributed by atoms with Crippen LogP contribution in [0.5, 0.6) is 0 Å². The molecule has 15 heteroatoms. The number of hydrogen-bond acceptors (Lipinski definition) is 14. The molecular weight excluding hydrogens is 827 g/mol. The topological polar surface area (TPSA) is 224 Å². The van der Waals surface area contributed by atoms with E-state index in [0.29, 0.717) is 5.56 Å². The van der Waals surface area contributed by atoms with Crippen molar-refractivity contribution in [3.05, 3.63) is 119 Å². The summed E-state index contributed by atoms with van der Waals surface area (Å²) in [5.74, 6) is -7.73. The summed E-state index contributed by atoms with van der Waals surface area (Å²) < 4.78 is 30.2. The average Bonchev–Trinajstić information content (AvgIpc) is 3.26. The number of amides is 1. The Labute approximate surface area is 371 Å². The van der Waals surface area contributed by atoms with Crippen LogP contribution in [0.2, 0.25) is 0 Å². The molecule has 64 heavy (non-hydrogen) atoms. The Hall–Kier alpha value is -5.29. The fraction of sp³-hybridized carbons (Fsp3) is 0.490. The molecule has 342 valence electrons. The Morgan fingerprint density at radius 3 is 2.09 bits per heavy atom. The van der Waals surface area contributed by atoms with Crippen LogP contribution in [0.1, 0.15) is 81.9 Å². The molecule has 0 spiro atoms. The number of ether oxygens (including phenoxy) is 5. The first-order valence-corrected chi connectivity index (χ1v) is 21.6. The van der Waals surface area contributed by atoms with Gasteiger partial charge < -0.3 is 49.4 Å². The number of esters is 3. The maximum Gasteiger partial charge on any atom is 0.338 e. The highest BCUT2D eigenvalue weighted by Gasteiger charge is 2.74. The van der Waals surface area contributed by atoms with Crippen LogP contribution in [0.4, 0.5) is 0 Å². The van der Waals surface area contributed by atoms with E-state index < -0.39 is 113 Å². The number of benzene rings is 3. The van der Waals surface area contributed by atoms with Crippen LogP contribution < -0.4 is 5.32 Å². The third kappa shape index (κ3) is 8.40. The van der Waals surface area contributed by atoms with Crippen LogP contribution in [0.25, 0.3) is 0 Å². The molecule has 7 rings (SSSR count). The van der Waals surface area contributed by atoms with Crippen LogP contribution in [0, 0.1) is 23.2 Å². The summed E-state index contributed by atoms with van der Waals surface area (Å²) in [4.78, 5) is 70.0. The quantitative estimate of drug-likeness (QED) is 0.0939. The second kappa shape index (κ2) is 18.3. The van der Waals surface area contributed by atoms with Gasteiger partial charge in [0.05, 0.1) is 42.8 Å². The lowest BCUT2D eigenvalue weighted by molar-refractivity contribution is -0.332. The van der Waals surface area contributed by atoms with Gasteiger partial charge in [0.2, 0.25) is 5.91 Å². The second-order valence-electron chi connectivity index (χ2n) is 18.3. The highest BCUT2D eigenvalue weighted by atomic mass is 16.6. The Kier molecular flexibility index (Phi) is 13.4. The second-order valence-corrected chi connectivity index (χ2v) is 18.3. The predicted octanol–water partition coefficient (Wildman–Crippen LogP) is 3.70. The summed E-state index contributed by atoms with van der Waals surface area (Å²) in [6.45, 7) is 9.23. The Morgan fingerprint density at radius 1 is 0.906 bits per heavy atom. The van der Waals surface area contributed by atoms with E-state index in [-0.39, 0.29) is 42.3 Å². The molecule has 3 aliphatic carbocycles. The summed E-state index contributed by atoms with van der Waals surface area (Å²) >= 11 is 0. The van der Waals surface area contributed by atoms with Crippen molar-refractivity contribution in [2.75, 3.05) is 6.61 Å². The molecule has 15 nitrogen and oxygen atoms in total. The van der Waals surface area contributed by atoms with Crippen molar-refractivity contribution >= 4 is 29.6 Å². The first-order chi connectivity index (χ1) is 30.3. The van der Waals surface area contributed by atoms with E-state index >= 15 is 0 Å². The normalized spacial score (nSPS) is 30.8. The molecule has 0 radical (unpaired) electrons. The molecule has 3 unspecified atom stereocenters. The van der Waals surface area contributed by atoms with Gasteiger partial charge in [-0.15, -0.1) is 0 Å². The first-order valence-electron chi connectivity index (χ1n) is 21.6. The van der Waals surface area contributed by atoms with Gasteiger partial charge in [-0.25, -0.2) is 9.59 Å². The van der Waals surface area contributed by atoms with Crippen LogP contribution in [0.3, 0.4) is 0 Å². The summed E-state index contributed by atoms with van der Waals surface area (Å²) in [6.07, 6.45) is -11.4. The molecule has 5 N–H and O–H groups in total. The Bertz CT molecular complexity index is 2250.